The van der Waals surface area contributed by atoms with Gasteiger partial charge in [0.15, 0.2) is 0 Å². The average Bonchev–Trinajstić information content (AvgIpc) is 2.56. The van der Waals surface area contributed by atoms with Gasteiger partial charge in [-0.2, -0.15) is 9.97 Å². The number of nitrogens with zero attached hydrogens (tertiary/aromatic N) is 6. The molecule has 0 unspecified atom stereocenters. The number of fused-ring (bicyclic) bond motifs is 1. The van der Waals surface area contributed by atoms with E-state index in [9.17, 15) is 20.2 Å². The molecule has 17 heavy (non-hydrogen) atoms. The van der Waals surface area contributed by atoms with Gasteiger partial charge in [-0.25, -0.2) is 0 Å². The summed E-state index contributed by atoms with van der Waals surface area (Å²) in [6.45, 7) is 0. The molecule has 12 heteroatoms. The van der Waals surface area contributed by atoms with Gasteiger partial charge in [0, 0.05) is 0 Å². The van der Waals surface area contributed by atoms with Crippen LogP contribution in [-0.2, 0) is 0 Å². The second-order valence-electron chi connectivity index (χ2n) is 2.86. The Labute approximate surface area is 91.2 Å². The predicted molar refractivity (Wildman–Crippen MR) is 52.9 cm³/mol. The van der Waals surface area contributed by atoms with Crippen molar-refractivity contribution in [2.24, 2.45) is 0 Å². The summed E-state index contributed by atoms with van der Waals surface area (Å²) in [6.07, 6.45) is 0. The van der Waals surface area contributed by atoms with Crippen LogP contribution in [0.4, 0.5) is 23.4 Å². The summed E-state index contributed by atoms with van der Waals surface area (Å²) in [5.74, 6) is -1.64. The Morgan fingerprint density at radius 1 is 1.12 bits per heavy atom. The van der Waals surface area contributed by atoms with Crippen LogP contribution in [0.3, 0.4) is 0 Å². The SMILES string of the molecule is Nc1nc(N)n2nc([N+](=O)[O-])c([N+](=O)[O-])c2n1. The molecule has 0 atom stereocenters. The summed E-state index contributed by atoms with van der Waals surface area (Å²) >= 11 is 0. The molecular formula is C5H4N8O4. The van der Waals surface area contributed by atoms with Crippen molar-refractivity contribution in [2.45, 2.75) is 0 Å². The average molecular weight is 240 g/mol. The van der Waals surface area contributed by atoms with Gasteiger partial charge >= 0.3 is 11.5 Å². The van der Waals surface area contributed by atoms with Gasteiger partial charge in [0.05, 0.1) is 10.0 Å². The van der Waals surface area contributed by atoms with Crippen LogP contribution in [0.5, 0.6) is 0 Å². The standard InChI is InChI=1S/C5H4N8O4/c6-4-8-2-1(12(14)15)3(13(16)17)10-11(2)5(7)9-4/h(H4,6,7,8,9). The first-order valence-electron chi connectivity index (χ1n) is 4.02. The Balaban J connectivity index is 2.95. The van der Waals surface area contributed by atoms with Crippen molar-refractivity contribution in [3.63, 3.8) is 0 Å². The largest absolute Gasteiger partial charge is 0.470 e. The first-order chi connectivity index (χ1) is 7.91. The molecule has 0 fully saturated rings. The molecule has 2 rings (SSSR count). The van der Waals surface area contributed by atoms with Gasteiger partial charge in [0.1, 0.15) is 0 Å². The third kappa shape index (κ3) is 1.43. The van der Waals surface area contributed by atoms with Crippen molar-refractivity contribution in [1.82, 2.24) is 19.6 Å². The van der Waals surface area contributed by atoms with Gasteiger partial charge in [-0.3, -0.25) is 10.1 Å². The van der Waals surface area contributed by atoms with E-state index in [2.05, 4.69) is 15.1 Å². The highest BCUT2D eigenvalue weighted by Gasteiger charge is 2.36. The van der Waals surface area contributed by atoms with E-state index in [-0.39, 0.29) is 11.9 Å². The first-order valence-corrected chi connectivity index (χ1v) is 4.02. The van der Waals surface area contributed by atoms with E-state index >= 15 is 0 Å². The lowest BCUT2D eigenvalue weighted by atomic mass is 10.5. The fourth-order valence-electron chi connectivity index (χ4n) is 1.23. The molecule has 0 saturated heterocycles. The molecular weight excluding hydrogens is 236 g/mol. The summed E-state index contributed by atoms with van der Waals surface area (Å²) < 4.78 is 0.687. The second-order valence-corrected chi connectivity index (χ2v) is 2.86. The highest BCUT2D eigenvalue weighted by molar-refractivity contribution is 5.70. The minimum Gasteiger partial charge on any atom is -0.368 e. The summed E-state index contributed by atoms with van der Waals surface area (Å²) in [5, 5.41) is 24.7. The highest BCUT2D eigenvalue weighted by Crippen LogP contribution is 2.30. The normalized spacial score (nSPS) is 10.6. The number of hydrogen-bond acceptors (Lipinski definition) is 9. The van der Waals surface area contributed by atoms with Crippen LogP contribution >= 0.6 is 0 Å². The van der Waals surface area contributed by atoms with Gasteiger partial charge in [0.2, 0.25) is 11.9 Å². The molecule has 0 bridgehead atoms. The minimum atomic E-state index is -1.01. The maximum Gasteiger partial charge on any atom is 0.470 e. The van der Waals surface area contributed by atoms with E-state index in [0.717, 1.165) is 0 Å². The van der Waals surface area contributed by atoms with Crippen LogP contribution in [0.25, 0.3) is 5.65 Å². The Morgan fingerprint density at radius 2 is 1.76 bits per heavy atom. The molecule has 0 radical (unpaired) electrons. The van der Waals surface area contributed by atoms with Crippen molar-refractivity contribution in [1.29, 1.82) is 0 Å². The zero-order chi connectivity index (χ0) is 12.7. The molecule has 2 heterocycles. The molecule has 0 aliphatic rings. The summed E-state index contributed by atoms with van der Waals surface area (Å²) in [7, 11) is 0. The van der Waals surface area contributed by atoms with E-state index in [1.807, 2.05) is 0 Å². The summed E-state index contributed by atoms with van der Waals surface area (Å²) in [6, 6.07) is 0. The molecule has 88 valence electrons. The Morgan fingerprint density at radius 3 is 2.29 bits per heavy atom. The number of anilines is 2. The molecule has 0 amide bonds. The molecule has 0 spiro atoms. The van der Waals surface area contributed by atoms with E-state index in [1.165, 1.54) is 0 Å². The first kappa shape index (κ1) is 10.5. The molecule has 0 aliphatic heterocycles. The van der Waals surface area contributed by atoms with Crippen LogP contribution in [-0.4, -0.2) is 29.4 Å². The van der Waals surface area contributed by atoms with Gasteiger partial charge in [-0.1, -0.05) is 4.52 Å². The van der Waals surface area contributed by atoms with Crippen molar-refractivity contribution in [3.05, 3.63) is 20.2 Å². The van der Waals surface area contributed by atoms with Crippen molar-refractivity contribution in [2.75, 3.05) is 11.5 Å². The Hall–Kier alpha value is -3.05. The highest BCUT2D eigenvalue weighted by atomic mass is 16.6. The molecule has 0 saturated carbocycles. The lowest BCUT2D eigenvalue weighted by molar-refractivity contribution is -0.423. The lowest BCUT2D eigenvalue weighted by Crippen LogP contribution is -2.07. The van der Waals surface area contributed by atoms with Crippen LogP contribution in [0.2, 0.25) is 0 Å². The third-order valence-corrected chi connectivity index (χ3v) is 1.84. The monoisotopic (exact) mass is 240 g/mol. The number of nitrogen functional groups attached to an aromatic ring is 2. The number of aromatic nitrogens is 4. The van der Waals surface area contributed by atoms with Crippen molar-refractivity contribution in [3.8, 4) is 0 Å². The fraction of sp³-hybridized carbons (Fsp3) is 0. The van der Waals surface area contributed by atoms with Crippen molar-refractivity contribution < 1.29 is 9.85 Å². The quantitative estimate of drug-likeness (QED) is 0.496. The zero-order valence-electron chi connectivity index (χ0n) is 7.97. The topological polar surface area (TPSA) is 181 Å². The molecule has 4 N–H and O–H groups in total. The number of nitrogens with two attached hydrogens (primary N) is 2. The Kier molecular flexibility index (Phi) is 1.99. The van der Waals surface area contributed by atoms with Crippen LogP contribution < -0.4 is 11.5 Å². The molecule has 2 aromatic heterocycles. The van der Waals surface area contributed by atoms with E-state index < -0.39 is 27.0 Å². The van der Waals surface area contributed by atoms with Gasteiger partial charge in [0.25, 0.3) is 5.65 Å². The van der Waals surface area contributed by atoms with Crippen LogP contribution in [0, 0.1) is 20.2 Å². The van der Waals surface area contributed by atoms with Gasteiger partial charge < -0.3 is 21.6 Å². The van der Waals surface area contributed by atoms with Crippen LogP contribution in [0.1, 0.15) is 0 Å². The zero-order valence-corrected chi connectivity index (χ0v) is 7.97. The van der Waals surface area contributed by atoms with Crippen molar-refractivity contribution >= 4 is 29.0 Å². The lowest BCUT2D eigenvalue weighted by Gasteiger charge is -1.93. The summed E-state index contributed by atoms with van der Waals surface area (Å²) in [5.41, 5.74) is 9.30. The minimum absolute atomic E-state index is 0.330. The third-order valence-electron chi connectivity index (χ3n) is 1.84. The smallest absolute Gasteiger partial charge is 0.368 e. The Bertz CT molecular complexity index is 647. The van der Waals surface area contributed by atoms with Crippen LogP contribution in [0.15, 0.2) is 0 Å². The van der Waals surface area contributed by atoms with E-state index in [1.54, 1.807) is 0 Å². The predicted octanol–water partition coefficient (Wildman–Crippen LogP) is -0.895. The summed E-state index contributed by atoms with van der Waals surface area (Å²) in [4.78, 5) is 26.3. The maximum absolute atomic E-state index is 10.7. The second kappa shape index (κ2) is 3.22. The maximum atomic E-state index is 10.7. The fourth-order valence-corrected chi connectivity index (χ4v) is 1.23. The number of rotatable bonds is 2. The number of nitro groups is 2. The van der Waals surface area contributed by atoms with E-state index in [4.69, 9.17) is 11.5 Å². The molecule has 0 aliphatic carbocycles. The van der Waals surface area contributed by atoms with Gasteiger partial charge in [-0.15, -0.1) is 0 Å². The molecule has 0 aromatic carbocycles. The van der Waals surface area contributed by atoms with E-state index in [0.29, 0.717) is 4.52 Å². The molecule has 12 nitrogen and oxygen atoms in total. The molecule has 2 aromatic rings. The number of hydrogen-bond donors (Lipinski definition) is 2. The van der Waals surface area contributed by atoms with Gasteiger partial charge in [-0.05, 0) is 4.92 Å².